The molecule has 2 N–H and O–H groups in total. The van der Waals surface area contributed by atoms with E-state index in [1.165, 1.54) is 0 Å². The van der Waals surface area contributed by atoms with Crippen molar-refractivity contribution in [2.75, 3.05) is 17.2 Å². The highest BCUT2D eigenvalue weighted by Gasteiger charge is 2.12. The van der Waals surface area contributed by atoms with E-state index in [9.17, 15) is 4.79 Å². The summed E-state index contributed by atoms with van der Waals surface area (Å²) in [5, 5.41) is 7.08. The number of benzene rings is 1. The Kier molecular flexibility index (Phi) is 5.73. The molecule has 1 amide bonds. The lowest BCUT2D eigenvalue weighted by molar-refractivity contribution is 0.102. The van der Waals surface area contributed by atoms with Crippen molar-refractivity contribution in [3.63, 3.8) is 0 Å². The van der Waals surface area contributed by atoms with E-state index < -0.39 is 0 Å². The Labute approximate surface area is 153 Å². The van der Waals surface area contributed by atoms with Gasteiger partial charge in [0.2, 0.25) is 5.95 Å². The highest BCUT2D eigenvalue weighted by molar-refractivity contribution is 6.07. The van der Waals surface area contributed by atoms with Gasteiger partial charge in [-0.25, -0.2) is 9.97 Å². The first-order chi connectivity index (χ1) is 12.7. The molecule has 1 aromatic carbocycles. The number of hydrogen-bond donors (Lipinski definition) is 2. The van der Waals surface area contributed by atoms with Gasteiger partial charge in [0.15, 0.2) is 0 Å². The van der Waals surface area contributed by atoms with Crippen LogP contribution in [0.3, 0.4) is 0 Å². The van der Waals surface area contributed by atoms with Gasteiger partial charge in [-0.15, -0.1) is 0 Å². The Bertz CT molecular complexity index is 904. The molecule has 2 heterocycles. The van der Waals surface area contributed by atoms with Crippen molar-refractivity contribution in [3.05, 3.63) is 54.0 Å². The number of anilines is 2. The van der Waals surface area contributed by atoms with E-state index in [2.05, 4.69) is 32.5 Å². The summed E-state index contributed by atoms with van der Waals surface area (Å²) in [6.07, 6.45) is 5.07. The first kappa shape index (κ1) is 17.8. The smallest absolute Gasteiger partial charge is 0.274 e. The molecule has 2 aromatic heterocycles. The van der Waals surface area contributed by atoms with Crippen LogP contribution in [-0.2, 0) is 0 Å². The molecule has 134 valence electrons. The predicted molar refractivity (Wildman–Crippen MR) is 104 cm³/mol. The molecule has 3 aromatic rings. The summed E-state index contributed by atoms with van der Waals surface area (Å²) < 4.78 is 0. The molecule has 0 fully saturated rings. The number of carbonyl (C=O) groups excluding carboxylic acids is 1. The topological polar surface area (TPSA) is 79.8 Å². The number of aromatic nitrogens is 3. The number of rotatable bonds is 7. The molecule has 0 saturated carbocycles. The van der Waals surface area contributed by atoms with E-state index >= 15 is 0 Å². The molecule has 6 heteroatoms. The molecule has 0 aliphatic heterocycles. The lowest BCUT2D eigenvalue weighted by atomic mass is 10.2. The predicted octanol–water partition coefficient (Wildman–Crippen LogP) is 4.19. The monoisotopic (exact) mass is 349 g/mol. The highest BCUT2D eigenvalue weighted by Crippen LogP contribution is 2.21. The highest BCUT2D eigenvalue weighted by atomic mass is 16.1. The second-order valence-electron chi connectivity index (χ2n) is 6.19. The zero-order valence-electron chi connectivity index (χ0n) is 15.1. The minimum atomic E-state index is -0.273. The number of unbranched alkanes of at least 4 members (excludes halogenated alkanes) is 2. The normalized spacial score (nSPS) is 10.7. The number of aryl methyl sites for hydroxylation is 1. The summed E-state index contributed by atoms with van der Waals surface area (Å²) in [6.45, 7) is 4.81. The Morgan fingerprint density at radius 2 is 1.96 bits per heavy atom. The van der Waals surface area contributed by atoms with Gasteiger partial charge in [-0.1, -0.05) is 38.0 Å². The van der Waals surface area contributed by atoms with Crippen LogP contribution in [0.15, 0.2) is 42.6 Å². The van der Waals surface area contributed by atoms with Crippen LogP contribution in [0.1, 0.15) is 42.4 Å². The maximum Gasteiger partial charge on any atom is 0.274 e. The second-order valence-corrected chi connectivity index (χ2v) is 6.19. The molecule has 3 rings (SSSR count). The molecule has 0 atom stereocenters. The molecular formula is C20H23N5O. The third-order valence-corrected chi connectivity index (χ3v) is 4.03. The molecule has 0 radical (unpaired) electrons. The number of amides is 1. The average Bonchev–Trinajstić information content (AvgIpc) is 2.65. The van der Waals surface area contributed by atoms with E-state index in [4.69, 9.17) is 0 Å². The third-order valence-electron chi connectivity index (χ3n) is 4.03. The quantitative estimate of drug-likeness (QED) is 0.625. The van der Waals surface area contributed by atoms with E-state index in [0.29, 0.717) is 17.3 Å². The summed E-state index contributed by atoms with van der Waals surface area (Å²) in [7, 11) is 0. The van der Waals surface area contributed by atoms with Crippen LogP contribution in [0.25, 0.3) is 10.9 Å². The van der Waals surface area contributed by atoms with Gasteiger partial charge in [0, 0.05) is 23.8 Å². The number of nitrogens with one attached hydrogen (secondary N) is 2. The molecule has 0 aliphatic carbocycles. The van der Waals surface area contributed by atoms with Crippen molar-refractivity contribution in [1.29, 1.82) is 0 Å². The zero-order chi connectivity index (χ0) is 18.4. The van der Waals surface area contributed by atoms with E-state index in [1.807, 2.05) is 37.3 Å². The molecule has 0 aliphatic rings. The molecule has 26 heavy (non-hydrogen) atoms. The van der Waals surface area contributed by atoms with E-state index in [0.717, 1.165) is 42.4 Å². The number of nitrogens with zero attached hydrogens (tertiary/aromatic N) is 3. The van der Waals surface area contributed by atoms with Gasteiger partial charge in [-0.05, 0) is 31.5 Å². The first-order valence-electron chi connectivity index (χ1n) is 8.92. The van der Waals surface area contributed by atoms with Gasteiger partial charge in [0.05, 0.1) is 11.2 Å². The van der Waals surface area contributed by atoms with Crippen LogP contribution >= 0.6 is 0 Å². The number of pyridine rings is 1. The average molecular weight is 349 g/mol. The van der Waals surface area contributed by atoms with Crippen molar-refractivity contribution in [2.24, 2.45) is 0 Å². The molecule has 6 nitrogen and oxygen atoms in total. The Hall–Kier alpha value is -3.02. The van der Waals surface area contributed by atoms with Gasteiger partial charge in [-0.2, -0.15) is 0 Å². The Morgan fingerprint density at radius 3 is 2.81 bits per heavy atom. The van der Waals surface area contributed by atoms with E-state index in [1.54, 1.807) is 12.3 Å². The van der Waals surface area contributed by atoms with Crippen LogP contribution in [-0.4, -0.2) is 27.4 Å². The molecule has 0 spiro atoms. The standard InChI is InChI=1S/C20H23N5O/c1-3-4-5-11-22-20-23-14(2)13-17(25-20)19(26)24-16-10-6-8-15-9-7-12-21-18(15)16/h6-10,12-13H,3-5,11H2,1-2H3,(H,24,26)(H,22,23,25). The molecular weight excluding hydrogens is 326 g/mol. The number of fused-ring (bicyclic) bond motifs is 1. The van der Waals surface area contributed by atoms with Crippen molar-refractivity contribution < 1.29 is 4.79 Å². The van der Waals surface area contributed by atoms with Crippen molar-refractivity contribution in [1.82, 2.24) is 15.0 Å². The van der Waals surface area contributed by atoms with Crippen LogP contribution in [0.5, 0.6) is 0 Å². The molecule has 0 unspecified atom stereocenters. The number of hydrogen-bond acceptors (Lipinski definition) is 5. The Balaban J connectivity index is 1.77. The van der Waals surface area contributed by atoms with Crippen molar-refractivity contribution in [2.45, 2.75) is 33.1 Å². The van der Waals surface area contributed by atoms with E-state index in [-0.39, 0.29) is 5.91 Å². The van der Waals surface area contributed by atoms with Gasteiger partial charge in [0.1, 0.15) is 5.69 Å². The number of para-hydroxylation sites is 1. The number of carbonyl (C=O) groups is 1. The lowest BCUT2D eigenvalue weighted by Crippen LogP contribution is -2.16. The van der Waals surface area contributed by atoms with Gasteiger partial charge in [-0.3, -0.25) is 9.78 Å². The summed E-state index contributed by atoms with van der Waals surface area (Å²) in [5.74, 6) is 0.215. The van der Waals surface area contributed by atoms with Gasteiger partial charge >= 0.3 is 0 Å². The van der Waals surface area contributed by atoms with Crippen LogP contribution in [0.4, 0.5) is 11.6 Å². The maximum atomic E-state index is 12.7. The fourth-order valence-electron chi connectivity index (χ4n) is 2.73. The largest absolute Gasteiger partial charge is 0.354 e. The minimum Gasteiger partial charge on any atom is -0.354 e. The first-order valence-corrected chi connectivity index (χ1v) is 8.92. The summed E-state index contributed by atoms with van der Waals surface area (Å²) in [4.78, 5) is 25.8. The van der Waals surface area contributed by atoms with Crippen molar-refractivity contribution >= 4 is 28.4 Å². The maximum absolute atomic E-state index is 12.7. The fourth-order valence-corrected chi connectivity index (χ4v) is 2.73. The van der Waals surface area contributed by atoms with Crippen LogP contribution in [0, 0.1) is 6.92 Å². The summed E-state index contributed by atoms with van der Waals surface area (Å²) >= 11 is 0. The lowest BCUT2D eigenvalue weighted by Gasteiger charge is -2.10. The molecule has 0 saturated heterocycles. The third kappa shape index (κ3) is 4.33. The SMILES string of the molecule is CCCCCNc1nc(C)cc(C(=O)Nc2cccc3cccnc23)n1. The van der Waals surface area contributed by atoms with Gasteiger partial charge in [0.25, 0.3) is 5.91 Å². The van der Waals surface area contributed by atoms with Crippen LogP contribution in [0.2, 0.25) is 0 Å². The van der Waals surface area contributed by atoms with Crippen LogP contribution < -0.4 is 10.6 Å². The minimum absolute atomic E-state index is 0.273. The molecule has 0 bridgehead atoms. The summed E-state index contributed by atoms with van der Waals surface area (Å²) in [5.41, 5.74) is 2.51. The fraction of sp³-hybridized carbons (Fsp3) is 0.300. The second kappa shape index (κ2) is 8.38. The zero-order valence-corrected chi connectivity index (χ0v) is 15.1. The Morgan fingerprint density at radius 1 is 1.12 bits per heavy atom. The van der Waals surface area contributed by atoms with Gasteiger partial charge < -0.3 is 10.6 Å². The van der Waals surface area contributed by atoms with Crippen molar-refractivity contribution in [3.8, 4) is 0 Å². The summed E-state index contributed by atoms with van der Waals surface area (Å²) in [6, 6.07) is 11.2.